The fourth-order valence-electron chi connectivity index (χ4n) is 4.64. The van der Waals surface area contributed by atoms with Crippen LogP contribution in [0.25, 0.3) is 22.2 Å². The van der Waals surface area contributed by atoms with Crippen molar-refractivity contribution < 1.29 is 0 Å². The molecule has 0 unspecified atom stereocenters. The van der Waals surface area contributed by atoms with E-state index in [0.29, 0.717) is 11.8 Å². The molecule has 4 nitrogen and oxygen atoms in total. The van der Waals surface area contributed by atoms with Crippen molar-refractivity contribution in [2.24, 2.45) is 7.05 Å². The average Bonchev–Trinajstić information content (AvgIpc) is 3.09. The lowest BCUT2D eigenvalue weighted by Crippen LogP contribution is -2.26. The van der Waals surface area contributed by atoms with Gasteiger partial charge >= 0.3 is 0 Å². The summed E-state index contributed by atoms with van der Waals surface area (Å²) < 4.78 is 1.71. The van der Waals surface area contributed by atoms with Crippen LogP contribution in [0.15, 0.2) is 35.3 Å². The molecule has 148 valence electrons. The first kappa shape index (κ1) is 19.0. The number of aromatic amines is 1. The Morgan fingerprint density at radius 3 is 2.61 bits per heavy atom. The molecule has 4 rings (SSSR count). The fourth-order valence-corrected chi connectivity index (χ4v) is 4.64. The molecule has 1 saturated heterocycles. The molecule has 0 aliphatic carbocycles. The zero-order valence-corrected chi connectivity index (χ0v) is 17.4. The van der Waals surface area contributed by atoms with E-state index in [-0.39, 0.29) is 5.56 Å². The molecule has 2 N–H and O–H groups in total. The van der Waals surface area contributed by atoms with Gasteiger partial charge in [-0.3, -0.25) is 4.79 Å². The van der Waals surface area contributed by atoms with E-state index >= 15 is 0 Å². The highest BCUT2D eigenvalue weighted by Gasteiger charge is 2.20. The topological polar surface area (TPSA) is 49.8 Å². The van der Waals surface area contributed by atoms with E-state index < -0.39 is 0 Å². The quantitative estimate of drug-likeness (QED) is 0.693. The molecular formula is C24H31N3O. The maximum atomic E-state index is 12.3. The van der Waals surface area contributed by atoms with Gasteiger partial charge in [-0.2, -0.15) is 0 Å². The number of hydrogen-bond donors (Lipinski definition) is 2. The molecule has 3 aromatic rings. The van der Waals surface area contributed by atoms with Crippen LogP contribution >= 0.6 is 0 Å². The summed E-state index contributed by atoms with van der Waals surface area (Å²) in [4.78, 5) is 16.0. The predicted octanol–water partition coefficient (Wildman–Crippen LogP) is 4.69. The van der Waals surface area contributed by atoms with E-state index in [9.17, 15) is 4.79 Å². The highest BCUT2D eigenvalue weighted by atomic mass is 16.1. The van der Waals surface area contributed by atoms with Crippen molar-refractivity contribution in [1.29, 1.82) is 0 Å². The number of nitrogens with zero attached hydrogens (tertiary/aromatic N) is 1. The van der Waals surface area contributed by atoms with Crippen LogP contribution in [0.2, 0.25) is 0 Å². The second-order valence-electron chi connectivity index (χ2n) is 8.42. The average molecular weight is 378 g/mol. The number of benzene rings is 1. The van der Waals surface area contributed by atoms with Crippen molar-refractivity contribution in [3.8, 4) is 11.3 Å². The summed E-state index contributed by atoms with van der Waals surface area (Å²) in [7, 11) is 1.85. The maximum absolute atomic E-state index is 12.3. The fraction of sp³-hybridized carbons (Fsp3) is 0.458. The minimum Gasteiger partial charge on any atom is -0.354 e. The van der Waals surface area contributed by atoms with Crippen molar-refractivity contribution in [2.75, 3.05) is 13.1 Å². The van der Waals surface area contributed by atoms with Gasteiger partial charge in [0.1, 0.15) is 0 Å². The Balaban J connectivity index is 1.88. The standard InChI is InChI=1S/C24H31N3O/c1-5-16-12-19(14-27(4)24(16)28)23-22(15(2)3)20-13-18(6-7-21(20)26-23)17-8-10-25-11-9-17/h6-7,12-15,17,25-26H,5,8-11H2,1-4H3. The van der Waals surface area contributed by atoms with Crippen molar-refractivity contribution in [3.05, 3.63) is 57.5 Å². The van der Waals surface area contributed by atoms with Crippen LogP contribution in [0.1, 0.15) is 62.1 Å². The van der Waals surface area contributed by atoms with E-state index in [1.165, 1.54) is 34.9 Å². The lowest BCUT2D eigenvalue weighted by atomic mass is 9.88. The Hall–Kier alpha value is -2.33. The first-order valence-electron chi connectivity index (χ1n) is 10.6. The van der Waals surface area contributed by atoms with Crippen LogP contribution in [-0.4, -0.2) is 22.6 Å². The smallest absolute Gasteiger partial charge is 0.253 e. The summed E-state index contributed by atoms with van der Waals surface area (Å²) in [6.07, 6.45) is 5.13. The maximum Gasteiger partial charge on any atom is 0.253 e. The molecule has 3 heterocycles. The molecule has 4 heteroatoms. The summed E-state index contributed by atoms with van der Waals surface area (Å²) in [5.41, 5.74) is 7.20. The third kappa shape index (κ3) is 3.30. The number of rotatable bonds is 4. The number of H-pyrrole nitrogens is 1. The van der Waals surface area contributed by atoms with Gasteiger partial charge in [-0.1, -0.05) is 26.8 Å². The van der Waals surface area contributed by atoms with Gasteiger partial charge in [-0.05, 0) is 73.5 Å². The molecule has 28 heavy (non-hydrogen) atoms. The van der Waals surface area contributed by atoms with Gasteiger partial charge in [0, 0.05) is 35.3 Å². The molecule has 0 saturated carbocycles. The molecule has 1 aromatic carbocycles. The Kier molecular flexibility index (Phi) is 5.15. The first-order valence-corrected chi connectivity index (χ1v) is 10.6. The number of nitrogens with one attached hydrogen (secondary N) is 2. The highest BCUT2D eigenvalue weighted by molar-refractivity contribution is 5.92. The Bertz CT molecular complexity index is 1050. The van der Waals surface area contributed by atoms with Gasteiger partial charge in [0.25, 0.3) is 5.56 Å². The van der Waals surface area contributed by atoms with Crippen LogP contribution in [-0.2, 0) is 13.5 Å². The Labute approximate surface area is 167 Å². The second kappa shape index (κ2) is 7.59. The largest absolute Gasteiger partial charge is 0.354 e. The number of aromatic nitrogens is 2. The molecule has 1 aliphatic rings. The van der Waals surface area contributed by atoms with Gasteiger partial charge in [0.15, 0.2) is 0 Å². The molecule has 0 spiro atoms. The van der Waals surface area contributed by atoms with E-state index in [0.717, 1.165) is 36.3 Å². The lowest BCUT2D eigenvalue weighted by Gasteiger charge is -2.23. The van der Waals surface area contributed by atoms with E-state index in [4.69, 9.17) is 0 Å². The van der Waals surface area contributed by atoms with E-state index in [1.54, 1.807) is 4.57 Å². The van der Waals surface area contributed by atoms with Crippen molar-refractivity contribution in [3.63, 3.8) is 0 Å². The van der Waals surface area contributed by atoms with Gasteiger partial charge in [-0.25, -0.2) is 0 Å². The first-order chi connectivity index (χ1) is 13.5. The molecule has 2 aromatic heterocycles. The van der Waals surface area contributed by atoms with Crippen LogP contribution in [0.4, 0.5) is 0 Å². The Morgan fingerprint density at radius 2 is 1.93 bits per heavy atom. The second-order valence-corrected chi connectivity index (χ2v) is 8.42. The minimum atomic E-state index is 0.0988. The van der Waals surface area contributed by atoms with Crippen LogP contribution < -0.4 is 10.9 Å². The van der Waals surface area contributed by atoms with Gasteiger partial charge in [-0.15, -0.1) is 0 Å². The zero-order valence-electron chi connectivity index (χ0n) is 17.4. The van der Waals surface area contributed by atoms with Crippen molar-refractivity contribution >= 4 is 10.9 Å². The van der Waals surface area contributed by atoms with Crippen molar-refractivity contribution in [1.82, 2.24) is 14.9 Å². The summed E-state index contributed by atoms with van der Waals surface area (Å²) in [6, 6.07) is 9.00. The normalized spacial score (nSPS) is 15.6. The third-order valence-electron chi connectivity index (χ3n) is 6.18. The molecule has 0 amide bonds. The monoisotopic (exact) mass is 377 g/mol. The summed E-state index contributed by atoms with van der Waals surface area (Å²) in [5, 5.41) is 4.79. The number of pyridine rings is 1. The lowest BCUT2D eigenvalue weighted by molar-refractivity contribution is 0.460. The van der Waals surface area contributed by atoms with E-state index in [2.05, 4.69) is 48.4 Å². The van der Waals surface area contributed by atoms with Crippen LogP contribution in [0.3, 0.4) is 0 Å². The number of hydrogen-bond acceptors (Lipinski definition) is 2. The summed E-state index contributed by atoms with van der Waals surface area (Å²) in [6.45, 7) is 8.77. The molecule has 0 radical (unpaired) electrons. The van der Waals surface area contributed by atoms with Crippen LogP contribution in [0, 0.1) is 0 Å². The summed E-state index contributed by atoms with van der Waals surface area (Å²) in [5.74, 6) is 1.04. The SMILES string of the molecule is CCc1cc(-c2[nH]c3ccc(C4CCNCC4)cc3c2C(C)C)cn(C)c1=O. The number of piperidine rings is 1. The molecule has 0 atom stereocenters. The van der Waals surface area contributed by atoms with Crippen molar-refractivity contribution in [2.45, 2.75) is 51.9 Å². The third-order valence-corrected chi connectivity index (χ3v) is 6.18. The van der Waals surface area contributed by atoms with Crippen LogP contribution in [0.5, 0.6) is 0 Å². The zero-order chi connectivity index (χ0) is 19.8. The summed E-state index contributed by atoms with van der Waals surface area (Å²) >= 11 is 0. The number of aryl methyl sites for hydroxylation is 2. The Morgan fingerprint density at radius 1 is 1.18 bits per heavy atom. The predicted molar refractivity (Wildman–Crippen MR) is 117 cm³/mol. The highest BCUT2D eigenvalue weighted by Crippen LogP contribution is 2.37. The number of fused-ring (bicyclic) bond motifs is 1. The molecule has 1 fully saturated rings. The van der Waals surface area contributed by atoms with Gasteiger partial charge < -0.3 is 14.9 Å². The van der Waals surface area contributed by atoms with Gasteiger partial charge in [0.05, 0.1) is 5.69 Å². The molecule has 0 bridgehead atoms. The molecular weight excluding hydrogens is 346 g/mol. The molecule has 1 aliphatic heterocycles. The van der Waals surface area contributed by atoms with Gasteiger partial charge in [0.2, 0.25) is 0 Å². The minimum absolute atomic E-state index is 0.0988. The van der Waals surface area contributed by atoms with E-state index in [1.807, 2.05) is 20.2 Å².